The zero-order chi connectivity index (χ0) is 14.5. The Morgan fingerprint density at radius 1 is 1.15 bits per heavy atom. The number of hydrogen-bond donors (Lipinski definition) is 1. The van der Waals surface area contributed by atoms with Gasteiger partial charge in [0.1, 0.15) is 11.7 Å². The van der Waals surface area contributed by atoms with Crippen molar-refractivity contribution in [1.29, 1.82) is 0 Å². The van der Waals surface area contributed by atoms with Crippen LogP contribution in [0.1, 0.15) is 31.0 Å². The number of nitrogens with zero attached hydrogens (tertiary/aromatic N) is 1. The number of carbonyl (C=O) groups excluding carboxylic acids is 1. The van der Waals surface area contributed by atoms with Gasteiger partial charge in [0, 0.05) is 12.2 Å². The second-order valence-electron chi connectivity index (χ2n) is 4.90. The van der Waals surface area contributed by atoms with Crippen molar-refractivity contribution in [2.24, 2.45) is 0 Å². The normalized spacial score (nSPS) is 12.2. The van der Waals surface area contributed by atoms with Gasteiger partial charge < -0.3 is 5.32 Å². The van der Waals surface area contributed by atoms with E-state index in [4.69, 9.17) is 0 Å². The van der Waals surface area contributed by atoms with Crippen LogP contribution in [-0.4, -0.2) is 16.9 Å². The second kappa shape index (κ2) is 6.28. The number of pyridine rings is 1. The summed E-state index contributed by atoms with van der Waals surface area (Å²) in [5, 5.41) is 2.88. The van der Waals surface area contributed by atoms with Crippen LogP contribution in [0.3, 0.4) is 0 Å². The fraction of sp³-hybridized carbons (Fsp3) is 0.250. The Kier molecular flexibility index (Phi) is 4.45. The van der Waals surface area contributed by atoms with Crippen molar-refractivity contribution in [3.05, 3.63) is 65.7 Å². The molecule has 1 heterocycles. The molecule has 3 nitrogen and oxygen atoms in total. The largest absolute Gasteiger partial charge is 0.353 e. The molecule has 0 aliphatic heterocycles. The minimum atomic E-state index is -0.529. The van der Waals surface area contributed by atoms with E-state index in [1.165, 1.54) is 12.1 Å². The molecular weight excluding hydrogens is 255 g/mol. The molecule has 0 saturated heterocycles. The van der Waals surface area contributed by atoms with E-state index in [0.717, 1.165) is 5.56 Å². The second-order valence-corrected chi connectivity index (χ2v) is 4.90. The highest BCUT2D eigenvalue weighted by Gasteiger charge is 2.24. The Hall–Kier alpha value is -2.23. The molecule has 104 valence electrons. The van der Waals surface area contributed by atoms with Gasteiger partial charge in [-0.1, -0.05) is 18.2 Å². The van der Waals surface area contributed by atoms with Crippen LogP contribution in [0.15, 0.2) is 48.7 Å². The minimum absolute atomic E-state index is 0.0363. The van der Waals surface area contributed by atoms with Crippen molar-refractivity contribution < 1.29 is 9.18 Å². The molecule has 0 aliphatic rings. The third-order valence-electron chi connectivity index (χ3n) is 2.88. The van der Waals surface area contributed by atoms with Crippen LogP contribution < -0.4 is 5.32 Å². The predicted molar refractivity (Wildman–Crippen MR) is 75.8 cm³/mol. The summed E-state index contributed by atoms with van der Waals surface area (Å²) in [6, 6.07) is 11.4. The van der Waals surface area contributed by atoms with Gasteiger partial charge >= 0.3 is 0 Å². The number of rotatable bonds is 4. The molecule has 1 aromatic carbocycles. The lowest BCUT2D eigenvalue weighted by molar-refractivity contribution is -0.122. The Balaban J connectivity index is 2.39. The summed E-state index contributed by atoms with van der Waals surface area (Å²) < 4.78 is 13.0. The van der Waals surface area contributed by atoms with Crippen molar-refractivity contribution in [1.82, 2.24) is 10.3 Å². The van der Waals surface area contributed by atoms with Gasteiger partial charge in [-0.15, -0.1) is 0 Å². The zero-order valence-electron chi connectivity index (χ0n) is 11.5. The van der Waals surface area contributed by atoms with E-state index in [2.05, 4.69) is 10.3 Å². The first-order valence-corrected chi connectivity index (χ1v) is 6.54. The molecule has 1 N–H and O–H groups in total. The van der Waals surface area contributed by atoms with Crippen LogP contribution in [0, 0.1) is 5.82 Å². The van der Waals surface area contributed by atoms with E-state index in [1.54, 1.807) is 30.5 Å². The monoisotopic (exact) mass is 272 g/mol. The standard InChI is InChI=1S/C16H17FN2O/c1-11(2)19-16(20)15(14-5-3-4-10-18-14)12-6-8-13(17)9-7-12/h3-11,15H,1-2H3,(H,19,20). The van der Waals surface area contributed by atoms with Gasteiger partial charge in [0.25, 0.3) is 0 Å². The Bertz CT molecular complexity index is 567. The average Bonchev–Trinajstić information content (AvgIpc) is 2.42. The van der Waals surface area contributed by atoms with Gasteiger partial charge in [-0.2, -0.15) is 0 Å². The molecule has 0 saturated carbocycles. The van der Waals surface area contributed by atoms with Gasteiger partial charge in [-0.3, -0.25) is 9.78 Å². The highest BCUT2D eigenvalue weighted by molar-refractivity contribution is 5.86. The van der Waals surface area contributed by atoms with Gasteiger partial charge in [-0.05, 0) is 43.7 Å². The lowest BCUT2D eigenvalue weighted by Crippen LogP contribution is -2.35. The van der Waals surface area contributed by atoms with Gasteiger partial charge in [0.05, 0.1) is 5.69 Å². The first kappa shape index (κ1) is 14.2. The smallest absolute Gasteiger partial charge is 0.233 e. The third-order valence-corrected chi connectivity index (χ3v) is 2.88. The van der Waals surface area contributed by atoms with E-state index in [9.17, 15) is 9.18 Å². The molecule has 4 heteroatoms. The summed E-state index contributed by atoms with van der Waals surface area (Å²) in [7, 11) is 0. The molecule has 0 bridgehead atoms. The van der Waals surface area contributed by atoms with Crippen LogP contribution in [0.4, 0.5) is 4.39 Å². The molecule has 0 spiro atoms. The van der Waals surface area contributed by atoms with Gasteiger partial charge in [0.15, 0.2) is 0 Å². The fourth-order valence-electron chi connectivity index (χ4n) is 2.03. The summed E-state index contributed by atoms with van der Waals surface area (Å²) in [6.45, 7) is 3.80. The van der Waals surface area contributed by atoms with E-state index < -0.39 is 5.92 Å². The predicted octanol–water partition coefficient (Wildman–Crippen LogP) is 2.88. The number of hydrogen-bond acceptors (Lipinski definition) is 2. The number of amides is 1. The van der Waals surface area contributed by atoms with Crippen LogP contribution in [0.25, 0.3) is 0 Å². The Morgan fingerprint density at radius 3 is 2.40 bits per heavy atom. The van der Waals surface area contributed by atoms with Crippen LogP contribution in [0.5, 0.6) is 0 Å². The highest BCUT2D eigenvalue weighted by Crippen LogP contribution is 2.23. The van der Waals surface area contributed by atoms with Crippen LogP contribution in [-0.2, 0) is 4.79 Å². The average molecular weight is 272 g/mol. The molecule has 1 atom stereocenters. The maximum Gasteiger partial charge on any atom is 0.233 e. The fourth-order valence-corrected chi connectivity index (χ4v) is 2.03. The molecule has 0 fully saturated rings. The summed E-state index contributed by atoms with van der Waals surface area (Å²) in [5.41, 5.74) is 1.38. The maximum atomic E-state index is 13.0. The Morgan fingerprint density at radius 2 is 1.85 bits per heavy atom. The van der Waals surface area contributed by atoms with E-state index in [0.29, 0.717) is 5.69 Å². The lowest BCUT2D eigenvalue weighted by Gasteiger charge is -2.18. The molecule has 20 heavy (non-hydrogen) atoms. The van der Waals surface area contributed by atoms with Crippen molar-refractivity contribution in [2.45, 2.75) is 25.8 Å². The number of nitrogens with one attached hydrogen (secondary N) is 1. The van der Waals surface area contributed by atoms with E-state index in [1.807, 2.05) is 19.9 Å². The van der Waals surface area contributed by atoms with E-state index >= 15 is 0 Å². The van der Waals surface area contributed by atoms with Gasteiger partial charge in [-0.25, -0.2) is 4.39 Å². The van der Waals surface area contributed by atoms with Crippen molar-refractivity contribution in [2.75, 3.05) is 0 Å². The summed E-state index contributed by atoms with van der Waals surface area (Å²) >= 11 is 0. The summed E-state index contributed by atoms with van der Waals surface area (Å²) in [6.07, 6.45) is 1.65. The first-order chi connectivity index (χ1) is 9.58. The molecule has 1 amide bonds. The summed E-state index contributed by atoms with van der Waals surface area (Å²) in [4.78, 5) is 16.6. The number of aromatic nitrogens is 1. The van der Waals surface area contributed by atoms with Gasteiger partial charge in [0.2, 0.25) is 5.91 Å². The molecule has 1 aromatic heterocycles. The summed E-state index contributed by atoms with van der Waals surface area (Å²) in [5.74, 6) is -0.984. The third kappa shape index (κ3) is 3.41. The first-order valence-electron chi connectivity index (χ1n) is 6.54. The molecule has 2 rings (SSSR count). The number of halogens is 1. The molecular formula is C16H17FN2O. The van der Waals surface area contributed by atoms with Crippen molar-refractivity contribution >= 4 is 5.91 Å². The number of carbonyl (C=O) groups is 1. The molecule has 1 unspecified atom stereocenters. The Labute approximate surface area is 117 Å². The quantitative estimate of drug-likeness (QED) is 0.930. The molecule has 2 aromatic rings. The van der Waals surface area contributed by atoms with Crippen LogP contribution in [0.2, 0.25) is 0 Å². The maximum absolute atomic E-state index is 13.0. The minimum Gasteiger partial charge on any atom is -0.353 e. The van der Waals surface area contributed by atoms with Crippen molar-refractivity contribution in [3.63, 3.8) is 0 Å². The highest BCUT2D eigenvalue weighted by atomic mass is 19.1. The topological polar surface area (TPSA) is 42.0 Å². The molecule has 0 aliphatic carbocycles. The van der Waals surface area contributed by atoms with Crippen molar-refractivity contribution in [3.8, 4) is 0 Å². The van der Waals surface area contributed by atoms with E-state index in [-0.39, 0.29) is 17.8 Å². The van der Waals surface area contributed by atoms with Crippen LogP contribution >= 0.6 is 0 Å². The zero-order valence-corrected chi connectivity index (χ0v) is 11.5. The SMILES string of the molecule is CC(C)NC(=O)C(c1ccc(F)cc1)c1ccccn1. The number of benzene rings is 1. The lowest BCUT2D eigenvalue weighted by atomic mass is 9.94. The molecule has 0 radical (unpaired) electrons.